The highest BCUT2D eigenvalue weighted by atomic mass is 16.5. The van der Waals surface area contributed by atoms with E-state index in [0.29, 0.717) is 12.0 Å². The second-order valence-corrected chi connectivity index (χ2v) is 4.37. The van der Waals surface area contributed by atoms with E-state index in [0.717, 1.165) is 13.0 Å². The average Bonchev–Trinajstić information content (AvgIpc) is 2.71. The van der Waals surface area contributed by atoms with Crippen LogP contribution >= 0.6 is 0 Å². The summed E-state index contributed by atoms with van der Waals surface area (Å²) in [6, 6.07) is 2.20. The molecule has 74 valence electrons. The number of rotatable bonds is 0. The maximum absolute atomic E-state index is 5.66. The van der Waals surface area contributed by atoms with Crippen molar-refractivity contribution in [2.75, 3.05) is 6.61 Å². The van der Waals surface area contributed by atoms with Crippen LogP contribution in [0, 0.1) is 5.92 Å². The molecule has 1 aliphatic carbocycles. The van der Waals surface area contributed by atoms with Crippen LogP contribution in [0.3, 0.4) is 0 Å². The van der Waals surface area contributed by atoms with Crippen molar-refractivity contribution >= 4 is 6.08 Å². The minimum absolute atomic E-state index is 0.393. The van der Waals surface area contributed by atoms with E-state index >= 15 is 0 Å². The van der Waals surface area contributed by atoms with Gasteiger partial charge < -0.3 is 9.30 Å². The van der Waals surface area contributed by atoms with E-state index < -0.39 is 0 Å². The van der Waals surface area contributed by atoms with Gasteiger partial charge in [0.25, 0.3) is 0 Å². The predicted octanol–water partition coefficient (Wildman–Crippen LogP) is 2.00. The molecule has 3 rings (SSSR count). The van der Waals surface area contributed by atoms with Crippen LogP contribution in [-0.2, 0) is 18.2 Å². The van der Waals surface area contributed by atoms with E-state index in [1.54, 1.807) is 0 Å². The SMILES string of the molecule is CC1OCC2=Cc3ccn(C)c3CC21. The summed E-state index contributed by atoms with van der Waals surface area (Å²) in [5, 5.41) is 0. The van der Waals surface area contributed by atoms with Gasteiger partial charge in [0.15, 0.2) is 0 Å². The number of nitrogens with zero attached hydrogens (tertiary/aromatic N) is 1. The number of aromatic nitrogens is 1. The van der Waals surface area contributed by atoms with E-state index in [9.17, 15) is 0 Å². The van der Waals surface area contributed by atoms with Crippen molar-refractivity contribution in [3.63, 3.8) is 0 Å². The van der Waals surface area contributed by atoms with Crippen LogP contribution in [-0.4, -0.2) is 17.3 Å². The summed E-state index contributed by atoms with van der Waals surface area (Å²) in [6.45, 7) is 3.01. The molecule has 2 aliphatic rings. The third-order valence-electron chi connectivity index (χ3n) is 3.55. The molecule has 0 radical (unpaired) electrons. The maximum atomic E-state index is 5.66. The number of fused-ring (bicyclic) bond motifs is 2. The van der Waals surface area contributed by atoms with Gasteiger partial charge in [0.2, 0.25) is 0 Å². The Morgan fingerprint density at radius 2 is 2.36 bits per heavy atom. The van der Waals surface area contributed by atoms with Gasteiger partial charge in [-0.15, -0.1) is 0 Å². The molecule has 2 atom stereocenters. The van der Waals surface area contributed by atoms with Gasteiger partial charge in [-0.2, -0.15) is 0 Å². The van der Waals surface area contributed by atoms with Crippen molar-refractivity contribution in [1.29, 1.82) is 0 Å². The van der Waals surface area contributed by atoms with Gasteiger partial charge in [0, 0.05) is 24.9 Å². The Morgan fingerprint density at radius 3 is 3.21 bits per heavy atom. The van der Waals surface area contributed by atoms with Crippen LogP contribution in [0.1, 0.15) is 18.2 Å². The van der Waals surface area contributed by atoms with E-state index in [4.69, 9.17) is 4.74 Å². The van der Waals surface area contributed by atoms with Crippen molar-refractivity contribution < 1.29 is 4.74 Å². The highest BCUT2D eigenvalue weighted by molar-refractivity contribution is 5.60. The van der Waals surface area contributed by atoms with Gasteiger partial charge in [0.1, 0.15) is 0 Å². The van der Waals surface area contributed by atoms with Crippen LogP contribution in [0.4, 0.5) is 0 Å². The zero-order chi connectivity index (χ0) is 9.71. The summed E-state index contributed by atoms with van der Waals surface area (Å²) < 4.78 is 7.89. The van der Waals surface area contributed by atoms with Crippen molar-refractivity contribution in [2.45, 2.75) is 19.4 Å². The number of ether oxygens (including phenoxy) is 1. The third-order valence-corrected chi connectivity index (χ3v) is 3.55. The third kappa shape index (κ3) is 1.01. The highest BCUT2D eigenvalue weighted by Gasteiger charge is 2.33. The molecule has 0 amide bonds. The quantitative estimate of drug-likeness (QED) is 0.609. The van der Waals surface area contributed by atoms with Crippen LogP contribution in [0.25, 0.3) is 6.08 Å². The van der Waals surface area contributed by atoms with Crippen LogP contribution in [0.15, 0.2) is 17.8 Å². The van der Waals surface area contributed by atoms with Crippen LogP contribution in [0.5, 0.6) is 0 Å². The van der Waals surface area contributed by atoms with Gasteiger partial charge in [-0.3, -0.25) is 0 Å². The Bertz CT molecular complexity index is 402. The minimum Gasteiger partial charge on any atom is -0.374 e. The fourth-order valence-corrected chi connectivity index (χ4v) is 2.58. The normalized spacial score (nSPS) is 29.7. The maximum Gasteiger partial charge on any atom is 0.0687 e. The molecule has 0 aromatic carbocycles. The van der Waals surface area contributed by atoms with Crippen molar-refractivity contribution in [2.24, 2.45) is 13.0 Å². The molecule has 0 N–H and O–H groups in total. The molecule has 1 fully saturated rings. The second-order valence-electron chi connectivity index (χ2n) is 4.37. The lowest BCUT2D eigenvalue weighted by atomic mass is 9.86. The number of aryl methyl sites for hydroxylation is 1. The van der Waals surface area contributed by atoms with Crippen LogP contribution in [0.2, 0.25) is 0 Å². The first-order valence-corrected chi connectivity index (χ1v) is 5.22. The standard InChI is InChI=1S/C12H15NO/c1-8-11-6-12-9(3-4-13(12)2)5-10(11)7-14-8/h3-5,8,11H,6-7H2,1-2H3. The topological polar surface area (TPSA) is 14.2 Å². The molecule has 2 heteroatoms. The van der Waals surface area contributed by atoms with Gasteiger partial charge in [0.05, 0.1) is 12.7 Å². The molecule has 1 aromatic heterocycles. The lowest BCUT2D eigenvalue weighted by molar-refractivity contribution is 0.106. The summed E-state index contributed by atoms with van der Waals surface area (Å²) in [7, 11) is 2.12. The molecule has 2 heterocycles. The molecule has 2 unspecified atom stereocenters. The van der Waals surface area contributed by atoms with E-state index in [-0.39, 0.29) is 0 Å². The minimum atomic E-state index is 0.393. The molecule has 2 nitrogen and oxygen atoms in total. The van der Waals surface area contributed by atoms with Crippen molar-refractivity contribution in [3.8, 4) is 0 Å². The lowest BCUT2D eigenvalue weighted by Crippen LogP contribution is -2.19. The average molecular weight is 189 g/mol. The van der Waals surface area contributed by atoms with Gasteiger partial charge in [-0.05, 0) is 30.5 Å². The second kappa shape index (κ2) is 2.74. The molecule has 0 saturated carbocycles. The highest BCUT2D eigenvalue weighted by Crippen LogP contribution is 2.36. The predicted molar refractivity (Wildman–Crippen MR) is 56.0 cm³/mol. The van der Waals surface area contributed by atoms with Crippen LogP contribution < -0.4 is 0 Å². The summed E-state index contributed by atoms with van der Waals surface area (Å²) in [6.07, 6.45) is 6.00. The van der Waals surface area contributed by atoms with E-state index in [2.05, 4.69) is 36.9 Å². The smallest absolute Gasteiger partial charge is 0.0687 e. The molecular weight excluding hydrogens is 174 g/mol. The van der Waals surface area contributed by atoms with Gasteiger partial charge in [-0.1, -0.05) is 6.08 Å². The summed E-state index contributed by atoms with van der Waals surface area (Å²) >= 11 is 0. The molecule has 0 spiro atoms. The molecular formula is C12H15NO. The Labute approximate surface area is 84.2 Å². The number of hydrogen-bond acceptors (Lipinski definition) is 1. The Kier molecular flexibility index (Phi) is 1.62. The number of hydrogen-bond donors (Lipinski definition) is 0. The Hall–Kier alpha value is -1.02. The van der Waals surface area contributed by atoms with E-state index in [1.165, 1.54) is 16.8 Å². The van der Waals surface area contributed by atoms with Gasteiger partial charge in [-0.25, -0.2) is 0 Å². The monoisotopic (exact) mass is 189 g/mol. The first-order chi connectivity index (χ1) is 6.75. The first kappa shape index (κ1) is 8.30. The molecule has 0 bridgehead atoms. The molecule has 1 saturated heterocycles. The van der Waals surface area contributed by atoms with E-state index in [1.807, 2.05) is 0 Å². The zero-order valence-corrected chi connectivity index (χ0v) is 8.66. The summed E-state index contributed by atoms with van der Waals surface area (Å²) in [4.78, 5) is 0. The Morgan fingerprint density at radius 1 is 1.50 bits per heavy atom. The summed E-state index contributed by atoms with van der Waals surface area (Å²) in [5.41, 5.74) is 4.32. The molecule has 14 heavy (non-hydrogen) atoms. The van der Waals surface area contributed by atoms with Crippen molar-refractivity contribution in [3.05, 3.63) is 29.1 Å². The fraction of sp³-hybridized carbons (Fsp3) is 0.500. The fourth-order valence-electron chi connectivity index (χ4n) is 2.58. The molecule has 1 aromatic rings. The Balaban J connectivity index is 2.08. The lowest BCUT2D eigenvalue weighted by Gasteiger charge is -2.20. The van der Waals surface area contributed by atoms with Gasteiger partial charge >= 0.3 is 0 Å². The molecule has 1 aliphatic heterocycles. The first-order valence-electron chi connectivity index (χ1n) is 5.22. The zero-order valence-electron chi connectivity index (χ0n) is 8.66. The summed E-state index contributed by atoms with van der Waals surface area (Å²) in [5.74, 6) is 0.621. The van der Waals surface area contributed by atoms with Crippen molar-refractivity contribution in [1.82, 2.24) is 4.57 Å². The largest absolute Gasteiger partial charge is 0.374 e.